The fraction of sp³-hybridized carbons (Fsp3) is 0.333. The Morgan fingerprint density at radius 3 is 2.35 bits per heavy atom. The van der Waals surface area contributed by atoms with Crippen LogP contribution >= 0.6 is 11.6 Å². The first kappa shape index (κ1) is 25.6. The van der Waals surface area contributed by atoms with Crippen molar-refractivity contribution in [2.75, 3.05) is 11.9 Å². The maximum Gasteiger partial charge on any atom is 0.406 e. The summed E-state index contributed by atoms with van der Waals surface area (Å²) in [6, 6.07) is 8.88. The van der Waals surface area contributed by atoms with Gasteiger partial charge in [0.05, 0.1) is 11.1 Å². The molecule has 0 spiro atoms. The maximum atomic E-state index is 13.5. The summed E-state index contributed by atoms with van der Waals surface area (Å²) < 4.78 is 53.5. The van der Waals surface area contributed by atoms with Gasteiger partial charge in [0.1, 0.15) is 12.4 Å². The molecular weight excluding hydrogens is 474 g/mol. The number of halogens is 5. The van der Waals surface area contributed by atoms with Crippen molar-refractivity contribution in [2.24, 2.45) is 5.92 Å². The second-order valence-corrected chi connectivity index (χ2v) is 8.87. The number of alkyl halides is 3. The number of nitrogens with one attached hydrogen (secondary N) is 1. The third-order valence-electron chi connectivity index (χ3n) is 5.29. The summed E-state index contributed by atoms with van der Waals surface area (Å²) in [4.78, 5) is 27.4. The molecule has 0 aliphatic carbocycles. The third-order valence-corrected chi connectivity index (χ3v) is 5.57. The summed E-state index contributed by atoms with van der Waals surface area (Å²) in [6.45, 7) is 4.30. The Morgan fingerprint density at radius 1 is 1.12 bits per heavy atom. The topological polar surface area (TPSA) is 54.3 Å². The molecule has 1 heterocycles. The number of nitrogens with zero attached hydrogens (tertiary/aromatic N) is 2. The predicted molar refractivity (Wildman–Crippen MR) is 125 cm³/mol. The van der Waals surface area contributed by atoms with Crippen LogP contribution < -0.4 is 10.9 Å². The molecule has 34 heavy (non-hydrogen) atoms. The number of carbonyl (C=O) groups excluding carboxylic acids is 1. The van der Waals surface area contributed by atoms with Crippen LogP contribution in [0.5, 0.6) is 0 Å². The number of rotatable bonds is 6. The van der Waals surface area contributed by atoms with Crippen LogP contribution in [0, 0.1) is 11.7 Å². The molecule has 0 saturated carbocycles. The highest BCUT2D eigenvalue weighted by Crippen LogP contribution is 2.29. The van der Waals surface area contributed by atoms with Crippen molar-refractivity contribution >= 4 is 34.1 Å². The number of pyridine rings is 1. The van der Waals surface area contributed by atoms with Crippen molar-refractivity contribution < 1.29 is 22.4 Å². The van der Waals surface area contributed by atoms with Gasteiger partial charge in [0.15, 0.2) is 0 Å². The molecule has 3 rings (SSSR count). The summed E-state index contributed by atoms with van der Waals surface area (Å²) in [5.74, 6) is -0.609. The normalized spacial score (nSPS) is 12.7. The Balaban J connectivity index is 2.06. The van der Waals surface area contributed by atoms with Crippen molar-refractivity contribution in [3.05, 3.63) is 75.4 Å². The van der Waals surface area contributed by atoms with Crippen LogP contribution in [-0.2, 0) is 6.54 Å². The zero-order valence-electron chi connectivity index (χ0n) is 18.8. The van der Waals surface area contributed by atoms with Gasteiger partial charge in [-0.1, -0.05) is 43.6 Å². The van der Waals surface area contributed by atoms with Crippen molar-refractivity contribution in [1.82, 2.24) is 9.47 Å². The number of fused-ring (bicyclic) bond motifs is 1. The highest BCUT2D eigenvalue weighted by molar-refractivity contribution is 6.31. The molecule has 3 aromatic rings. The van der Waals surface area contributed by atoms with E-state index in [0.717, 1.165) is 12.3 Å². The molecular formula is C24H24ClF4N3O2. The van der Waals surface area contributed by atoms with Crippen molar-refractivity contribution in [3.8, 4) is 0 Å². The summed E-state index contributed by atoms with van der Waals surface area (Å²) in [7, 11) is 0. The lowest BCUT2D eigenvalue weighted by molar-refractivity contribution is -0.141. The highest BCUT2D eigenvalue weighted by Gasteiger charge is 2.30. The summed E-state index contributed by atoms with van der Waals surface area (Å²) in [5, 5.41) is 3.10. The van der Waals surface area contributed by atoms with E-state index >= 15 is 0 Å². The molecule has 0 unspecified atom stereocenters. The summed E-state index contributed by atoms with van der Waals surface area (Å²) in [6.07, 6.45) is -3.43. The van der Waals surface area contributed by atoms with E-state index in [2.05, 4.69) is 5.32 Å². The van der Waals surface area contributed by atoms with Crippen molar-refractivity contribution in [3.63, 3.8) is 0 Å². The van der Waals surface area contributed by atoms with Crippen LogP contribution in [0.4, 0.5) is 28.0 Å². The van der Waals surface area contributed by atoms with Gasteiger partial charge in [0.25, 0.3) is 5.56 Å². The van der Waals surface area contributed by atoms with Crippen LogP contribution in [0.15, 0.2) is 53.5 Å². The van der Waals surface area contributed by atoms with Gasteiger partial charge in [-0.25, -0.2) is 9.18 Å². The molecule has 0 aliphatic rings. The minimum Gasteiger partial charge on any atom is -0.317 e. The van der Waals surface area contributed by atoms with Crippen molar-refractivity contribution in [2.45, 2.75) is 39.5 Å². The summed E-state index contributed by atoms with van der Waals surface area (Å²) >= 11 is 5.81. The molecule has 1 N–H and O–H groups in total. The Kier molecular flexibility index (Phi) is 7.55. The lowest BCUT2D eigenvalue weighted by Gasteiger charge is -2.32. The second-order valence-electron chi connectivity index (χ2n) is 8.46. The largest absolute Gasteiger partial charge is 0.406 e. The molecule has 2 aromatic carbocycles. The maximum absolute atomic E-state index is 13.5. The highest BCUT2D eigenvalue weighted by atomic mass is 35.5. The molecule has 0 saturated heterocycles. The van der Waals surface area contributed by atoms with Crippen molar-refractivity contribution in [1.29, 1.82) is 0 Å². The van der Waals surface area contributed by atoms with Crippen LogP contribution in [0.25, 0.3) is 10.8 Å². The number of carbonyl (C=O) groups is 1. The zero-order chi connectivity index (χ0) is 25.2. The molecule has 0 bridgehead atoms. The van der Waals surface area contributed by atoms with E-state index in [-0.39, 0.29) is 28.6 Å². The molecule has 1 aromatic heterocycles. The number of benzene rings is 2. The second kappa shape index (κ2) is 10.0. The van der Waals surface area contributed by atoms with E-state index in [1.807, 2.05) is 13.8 Å². The molecule has 5 nitrogen and oxygen atoms in total. The molecule has 1 atom stereocenters. The smallest absolute Gasteiger partial charge is 0.317 e. The van der Waals surface area contributed by atoms with Crippen LogP contribution in [-0.4, -0.2) is 28.2 Å². The molecule has 10 heteroatoms. The van der Waals surface area contributed by atoms with Gasteiger partial charge in [-0.05, 0) is 48.1 Å². The standard InChI is InChI=1S/C24H24ClF4N3O2/c1-14(2)11-32(23(34)30-16-8-9-21(26)20(25)10-16)15(3)19-12-31(13-24(27,28)29)22(33)18-7-5-4-6-17(18)19/h4-10,12,14-15H,11,13H2,1-3H3,(H,30,34)/t15-/m1/s1. The Hall–Kier alpha value is -3.07. The molecule has 0 radical (unpaired) electrons. The Bertz CT molecular complexity index is 1260. The third kappa shape index (κ3) is 5.88. The first-order chi connectivity index (χ1) is 15.9. The summed E-state index contributed by atoms with van der Waals surface area (Å²) in [5.41, 5.74) is -0.0960. The molecule has 2 amide bonds. The van der Waals surface area contributed by atoms with E-state index in [0.29, 0.717) is 15.5 Å². The first-order valence-corrected chi connectivity index (χ1v) is 11.0. The average molecular weight is 498 g/mol. The quantitative estimate of drug-likeness (QED) is 0.390. The van der Waals surface area contributed by atoms with Gasteiger partial charge in [-0.15, -0.1) is 0 Å². The lowest BCUT2D eigenvalue weighted by Crippen LogP contribution is -2.40. The zero-order valence-corrected chi connectivity index (χ0v) is 19.5. The van der Waals surface area contributed by atoms with Gasteiger partial charge >= 0.3 is 12.2 Å². The van der Waals surface area contributed by atoms with Gasteiger partial charge in [-0.2, -0.15) is 13.2 Å². The van der Waals surface area contributed by atoms with E-state index in [1.54, 1.807) is 25.1 Å². The predicted octanol–water partition coefficient (Wildman–Crippen LogP) is 6.61. The number of urea groups is 1. The molecule has 182 valence electrons. The fourth-order valence-electron chi connectivity index (χ4n) is 3.76. The van der Waals surface area contributed by atoms with Gasteiger partial charge in [0.2, 0.25) is 0 Å². The molecule has 0 aliphatic heterocycles. The Labute approximate surface area is 198 Å². The number of anilines is 1. The van der Waals surface area contributed by atoms with E-state index < -0.39 is 36.2 Å². The van der Waals surface area contributed by atoms with Gasteiger partial charge in [0, 0.05) is 23.8 Å². The number of hydrogen-bond donors (Lipinski definition) is 1. The van der Waals surface area contributed by atoms with E-state index in [9.17, 15) is 27.2 Å². The minimum absolute atomic E-state index is 0.0253. The Morgan fingerprint density at radius 2 is 1.76 bits per heavy atom. The van der Waals surface area contributed by atoms with Gasteiger partial charge < -0.3 is 14.8 Å². The number of amides is 2. The van der Waals surface area contributed by atoms with Crippen LogP contribution in [0.1, 0.15) is 32.4 Å². The lowest BCUT2D eigenvalue weighted by atomic mass is 10.0. The minimum atomic E-state index is -4.59. The molecule has 0 fully saturated rings. The monoisotopic (exact) mass is 497 g/mol. The first-order valence-electron chi connectivity index (χ1n) is 10.6. The van der Waals surface area contributed by atoms with E-state index in [1.165, 1.54) is 23.1 Å². The van der Waals surface area contributed by atoms with E-state index in [4.69, 9.17) is 11.6 Å². The van der Waals surface area contributed by atoms with Crippen LogP contribution in [0.2, 0.25) is 5.02 Å². The fourth-order valence-corrected chi connectivity index (χ4v) is 3.94. The SMILES string of the molecule is CC(C)CN(C(=O)Nc1ccc(F)c(Cl)c1)[C@H](C)c1cn(CC(F)(F)F)c(=O)c2ccccc12. The van der Waals surface area contributed by atoms with Crippen LogP contribution in [0.3, 0.4) is 0 Å². The number of hydrogen-bond acceptors (Lipinski definition) is 2. The number of aromatic nitrogens is 1. The average Bonchev–Trinajstić information content (AvgIpc) is 2.75. The van der Waals surface area contributed by atoms with Gasteiger partial charge in [-0.3, -0.25) is 4.79 Å².